The minimum absolute atomic E-state index is 0.472. The molecule has 0 fully saturated rings. The maximum atomic E-state index is 5.66. The Balaban J connectivity index is 2.20. The van der Waals surface area contributed by atoms with Gasteiger partial charge in [0.15, 0.2) is 0 Å². The van der Waals surface area contributed by atoms with Crippen LogP contribution in [0.4, 0.5) is 0 Å². The van der Waals surface area contributed by atoms with Crippen LogP contribution in [-0.4, -0.2) is 9.38 Å². The Morgan fingerprint density at radius 3 is 2.55 bits per heavy atom. The van der Waals surface area contributed by atoms with Crippen molar-refractivity contribution in [3.05, 3.63) is 59.2 Å². The molecule has 102 valence electrons. The third-order valence-electron chi connectivity index (χ3n) is 4.00. The Bertz CT molecular complexity index is 784. The van der Waals surface area contributed by atoms with Gasteiger partial charge in [0, 0.05) is 23.3 Å². The fourth-order valence-corrected chi connectivity index (χ4v) is 2.56. The molecular formula is C17H19N3. The number of hydrogen-bond donors (Lipinski definition) is 1. The maximum absolute atomic E-state index is 5.66. The van der Waals surface area contributed by atoms with Crippen molar-refractivity contribution < 1.29 is 0 Å². The zero-order valence-corrected chi connectivity index (χ0v) is 12.1. The number of aryl methyl sites for hydroxylation is 3. The average Bonchev–Trinajstić information content (AvgIpc) is 2.78. The lowest BCUT2D eigenvalue weighted by atomic mass is 10.0. The van der Waals surface area contributed by atoms with E-state index in [9.17, 15) is 0 Å². The van der Waals surface area contributed by atoms with Crippen molar-refractivity contribution in [1.82, 2.24) is 9.38 Å². The molecule has 2 aromatic heterocycles. The number of rotatable bonds is 2. The van der Waals surface area contributed by atoms with E-state index in [4.69, 9.17) is 5.73 Å². The Labute approximate surface area is 119 Å². The van der Waals surface area contributed by atoms with Gasteiger partial charge in [0.05, 0.1) is 12.0 Å². The largest absolute Gasteiger partial charge is 0.325 e. The van der Waals surface area contributed by atoms with Crippen molar-refractivity contribution >= 4 is 5.52 Å². The third kappa shape index (κ3) is 2.00. The lowest BCUT2D eigenvalue weighted by Crippen LogP contribution is -2.01. The second-order valence-electron chi connectivity index (χ2n) is 5.32. The average molecular weight is 265 g/mol. The van der Waals surface area contributed by atoms with Gasteiger partial charge in [-0.05, 0) is 49.6 Å². The first kappa shape index (κ1) is 12.9. The maximum Gasteiger partial charge on any atom is 0.0996 e. The Kier molecular flexibility index (Phi) is 3.07. The highest BCUT2D eigenvalue weighted by Crippen LogP contribution is 2.28. The van der Waals surface area contributed by atoms with Crippen molar-refractivity contribution in [1.29, 1.82) is 0 Å². The smallest absolute Gasteiger partial charge is 0.0996 e. The molecule has 3 aromatic rings. The summed E-state index contributed by atoms with van der Waals surface area (Å²) in [6.45, 7) is 6.89. The monoisotopic (exact) mass is 265 g/mol. The highest BCUT2D eigenvalue weighted by molar-refractivity contribution is 5.74. The molecule has 0 bridgehead atoms. The summed E-state index contributed by atoms with van der Waals surface area (Å²) in [6.07, 6.45) is 1.86. The first-order valence-electron chi connectivity index (χ1n) is 6.84. The standard InChI is InChI=1S/C17H19N3/c1-11-4-5-14(6-12(11)2)17-8-16-7-15(9-18)19-10-20(16)13(17)3/h4-8,10H,9,18H2,1-3H3. The van der Waals surface area contributed by atoms with Crippen molar-refractivity contribution in [2.45, 2.75) is 27.3 Å². The van der Waals surface area contributed by atoms with Crippen LogP contribution in [0.5, 0.6) is 0 Å². The van der Waals surface area contributed by atoms with E-state index < -0.39 is 0 Å². The second-order valence-corrected chi connectivity index (χ2v) is 5.32. The number of nitrogens with two attached hydrogens (primary N) is 1. The van der Waals surface area contributed by atoms with Gasteiger partial charge in [-0.3, -0.25) is 0 Å². The van der Waals surface area contributed by atoms with E-state index in [-0.39, 0.29) is 0 Å². The molecule has 2 heterocycles. The van der Waals surface area contributed by atoms with Gasteiger partial charge < -0.3 is 10.1 Å². The lowest BCUT2D eigenvalue weighted by Gasteiger charge is -2.05. The summed E-state index contributed by atoms with van der Waals surface area (Å²) in [7, 11) is 0. The number of hydrogen-bond acceptors (Lipinski definition) is 2. The van der Waals surface area contributed by atoms with E-state index in [1.165, 1.54) is 27.9 Å². The van der Waals surface area contributed by atoms with Crippen LogP contribution in [0.15, 0.2) is 36.7 Å². The molecule has 0 atom stereocenters. The predicted octanol–water partition coefficient (Wildman–Crippen LogP) is 3.39. The van der Waals surface area contributed by atoms with Gasteiger partial charge in [-0.25, -0.2) is 4.98 Å². The van der Waals surface area contributed by atoms with Gasteiger partial charge in [-0.15, -0.1) is 0 Å². The van der Waals surface area contributed by atoms with Crippen molar-refractivity contribution in [3.8, 4) is 11.1 Å². The van der Waals surface area contributed by atoms with Crippen LogP contribution in [0, 0.1) is 20.8 Å². The van der Waals surface area contributed by atoms with Crippen molar-refractivity contribution in [3.63, 3.8) is 0 Å². The van der Waals surface area contributed by atoms with Crippen LogP contribution in [-0.2, 0) is 6.54 Å². The molecule has 0 amide bonds. The molecule has 0 aliphatic carbocycles. The summed E-state index contributed by atoms with van der Waals surface area (Å²) in [6, 6.07) is 10.9. The molecule has 0 saturated heterocycles. The quantitative estimate of drug-likeness (QED) is 0.772. The summed E-state index contributed by atoms with van der Waals surface area (Å²) < 4.78 is 2.11. The van der Waals surface area contributed by atoms with Crippen LogP contribution in [0.25, 0.3) is 16.6 Å². The number of benzene rings is 1. The zero-order valence-electron chi connectivity index (χ0n) is 12.1. The molecule has 3 rings (SSSR count). The topological polar surface area (TPSA) is 43.3 Å². The van der Waals surface area contributed by atoms with Crippen LogP contribution >= 0.6 is 0 Å². The fourth-order valence-electron chi connectivity index (χ4n) is 2.56. The van der Waals surface area contributed by atoms with E-state index in [1.807, 2.05) is 6.33 Å². The number of fused-ring (bicyclic) bond motifs is 1. The molecule has 0 aliphatic rings. The Morgan fingerprint density at radius 2 is 1.85 bits per heavy atom. The summed E-state index contributed by atoms with van der Waals surface area (Å²) >= 11 is 0. The molecule has 3 nitrogen and oxygen atoms in total. The highest BCUT2D eigenvalue weighted by atomic mass is 15.0. The SMILES string of the molecule is Cc1ccc(-c2cc3cc(CN)ncn3c2C)cc1C. The minimum atomic E-state index is 0.472. The zero-order chi connectivity index (χ0) is 14.3. The lowest BCUT2D eigenvalue weighted by molar-refractivity contribution is 0.941. The molecule has 3 heteroatoms. The van der Waals surface area contributed by atoms with Gasteiger partial charge in [0.25, 0.3) is 0 Å². The molecule has 0 spiro atoms. The Morgan fingerprint density at radius 1 is 1.05 bits per heavy atom. The highest BCUT2D eigenvalue weighted by Gasteiger charge is 2.09. The third-order valence-corrected chi connectivity index (χ3v) is 4.00. The van der Waals surface area contributed by atoms with Gasteiger partial charge in [0.1, 0.15) is 0 Å². The second kappa shape index (κ2) is 4.76. The van der Waals surface area contributed by atoms with Crippen molar-refractivity contribution in [2.75, 3.05) is 0 Å². The molecular weight excluding hydrogens is 246 g/mol. The molecule has 2 N–H and O–H groups in total. The van der Waals surface area contributed by atoms with Crippen molar-refractivity contribution in [2.24, 2.45) is 5.73 Å². The van der Waals surface area contributed by atoms with E-state index in [0.29, 0.717) is 6.54 Å². The molecule has 0 unspecified atom stereocenters. The van der Waals surface area contributed by atoms with Crippen LogP contribution < -0.4 is 5.73 Å². The van der Waals surface area contributed by atoms with Crippen LogP contribution in [0.3, 0.4) is 0 Å². The summed E-state index contributed by atoms with van der Waals surface area (Å²) in [5.41, 5.74) is 14.1. The molecule has 1 aromatic carbocycles. The summed E-state index contributed by atoms with van der Waals surface area (Å²) in [4.78, 5) is 4.36. The van der Waals surface area contributed by atoms with E-state index in [0.717, 1.165) is 11.2 Å². The molecule has 0 aliphatic heterocycles. The number of nitrogens with zero attached hydrogens (tertiary/aromatic N) is 2. The molecule has 0 radical (unpaired) electrons. The summed E-state index contributed by atoms with van der Waals surface area (Å²) in [5, 5.41) is 0. The Hall–Kier alpha value is -2.13. The van der Waals surface area contributed by atoms with Gasteiger partial charge in [0.2, 0.25) is 0 Å². The molecule has 20 heavy (non-hydrogen) atoms. The number of aromatic nitrogens is 2. The van der Waals surface area contributed by atoms with E-state index in [2.05, 4.69) is 60.5 Å². The van der Waals surface area contributed by atoms with E-state index in [1.54, 1.807) is 0 Å². The minimum Gasteiger partial charge on any atom is -0.325 e. The summed E-state index contributed by atoms with van der Waals surface area (Å²) in [5.74, 6) is 0. The first-order chi connectivity index (χ1) is 9.60. The normalized spacial score (nSPS) is 11.2. The van der Waals surface area contributed by atoms with Crippen LogP contribution in [0.1, 0.15) is 22.5 Å². The van der Waals surface area contributed by atoms with E-state index >= 15 is 0 Å². The van der Waals surface area contributed by atoms with Gasteiger partial charge >= 0.3 is 0 Å². The predicted molar refractivity (Wildman–Crippen MR) is 82.7 cm³/mol. The van der Waals surface area contributed by atoms with Gasteiger partial charge in [-0.2, -0.15) is 0 Å². The fraction of sp³-hybridized carbons (Fsp3) is 0.235. The van der Waals surface area contributed by atoms with Crippen LogP contribution in [0.2, 0.25) is 0 Å². The first-order valence-corrected chi connectivity index (χ1v) is 6.84. The van der Waals surface area contributed by atoms with Gasteiger partial charge in [-0.1, -0.05) is 18.2 Å². The molecule has 0 saturated carbocycles.